The van der Waals surface area contributed by atoms with Crippen LogP contribution in [-0.2, 0) is 49.5 Å². The maximum absolute atomic E-state index is 14.4. The normalized spacial score (nSPS) is 39.1. The lowest BCUT2D eigenvalue weighted by atomic mass is 9.76. The molecule has 3 saturated heterocycles. The molecule has 302 valence electrons. The average molecular weight is 761 g/mol. The fourth-order valence-electron chi connectivity index (χ4n) is 7.70. The van der Waals surface area contributed by atoms with Crippen molar-refractivity contribution in [3.05, 3.63) is 30.1 Å². The van der Waals surface area contributed by atoms with Crippen LogP contribution >= 0.6 is 0 Å². The molecule has 1 aromatic heterocycles. The van der Waals surface area contributed by atoms with Crippen LogP contribution in [0.4, 0.5) is 0 Å². The minimum atomic E-state index is -1.81. The van der Waals surface area contributed by atoms with Gasteiger partial charge in [0.2, 0.25) is 5.91 Å². The number of carbonyl (C=O) groups excluding carboxylic acids is 3. The predicted molar refractivity (Wildman–Crippen MR) is 199 cm³/mol. The first-order valence-electron chi connectivity index (χ1n) is 18.9. The van der Waals surface area contributed by atoms with E-state index in [9.17, 15) is 24.6 Å². The van der Waals surface area contributed by atoms with Gasteiger partial charge in [-0.1, -0.05) is 32.0 Å². The van der Waals surface area contributed by atoms with Crippen molar-refractivity contribution in [2.75, 3.05) is 27.3 Å². The van der Waals surface area contributed by atoms with Crippen LogP contribution in [0.25, 0.3) is 0 Å². The molecule has 3 aliphatic heterocycles. The molecule has 0 aliphatic carbocycles. The Kier molecular flexibility index (Phi) is 15.0. The Morgan fingerprint density at radius 3 is 2.50 bits per heavy atom. The predicted octanol–water partition coefficient (Wildman–Crippen LogP) is 3.27. The molecule has 0 aromatic carbocycles. The van der Waals surface area contributed by atoms with Crippen molar-refractivity contribution >= 4 is 29.1 Å². The lowest BCUT2D eigenvalue weighted by Gasteiger charge is -2.47. The van der Waals surface area contributed by atoms with Crippen molar-refractivity contribution < 1.29 is 53.1 Å². The van der Waals surface area contributed by atoms with Gasteiger partial charge >= 0.3 is 5.97 Å². The number of nitrogens with zero attached hydrogens (tertiary/aromatic N) is 4. The number of aliphatic hydroxyl groups excluding tert-OH is 1. The molecule has 4 rings (SSSR count). The molecule has 3 fully saturated rings. The summed E-state index contributed by atoms with van der Waals surface area (Å²) < 4.78 is 32.0. The molecule has 54 heavy (non-hydrogen) atoms. The van der Waals surface area contributed by atoms with Gasteiger partial charge in [-0.25, -0.2) is 4.99 Å². The number of esters is 1. The van der Waals surface area contributed by atoms with Gasteiger partial charge in [-0.05, 0) is 73.0 Å². The zero-order valence-corrected chi connectivity index (χ0v) is 33.4. The number of aromatic nitrogens is 1. The Balaban J connectivity index is 1.90. The molecule has 2 N–H and O–H groups in total. The summed E-state index contributed by atoms with van der Waals surface area (Å²) in [5, 5.41) is 28.1. The number of hydrogen-bond acceptors (Lipinski definition) is 14. The maximum atomic E-state index is 14.4. The van der Waals surface area contributed by atoms with Crippen molar-refractivity contribution in [2.24, 2.45) is 27.9 Å². The topological polar surface area (TPSA) is 188 Å². The summed E-state index contributed by atoms with van der Waals surface area (Å²) in [6.07, 6.45) is -1.62. The molecule has 0 radical (unpaired) electrons. The van der Waals surface area contributed by atoms with Gasteiger partial charge in [0.25, 0.3) is 0 Å². The molecule has 1 aromatic rings. The molecule has 1 amide bonds. The fourth-order valence-corrected chi connectivity index (χ4v) is 7.70. The molecule has 2 bridgehead atoms. The number of carbonyl (C=O) groups is 3. The fraction of sp³-hybridized carbons (Fsp3) is 0.744. The number of likely N-dealkylation sites (N-methyl/N-ethyl adjacent to an activating group) is 1. The molecule has 0 spiro atoms. The van der Waals surface area contributed by atoms with Crippen molar-refractivity contribution in [3.63, 3.8) is 0 Å². The maximum Gasteiger partial charge on any atom is 0.316 e. The standard InChI is InChI=1S/C39H60N4O11/c1-11-31-39(8,48)32-16-29(41-26(6)44)22(2)17-38(7,50-21-28(20-49-32)42-51-19-27-13-12-14-40-18-27)35(24(4)33(45)25(5)36(47)53-31)54-37-34(46)30(43(9)10)15-23(3)52-37/h12-14,18,22-25,30-32,34-35,37,46,48H,11,15-17,19-21H2,1-10H3/b41-29?,42-28-/t22-,23-,24+,25-,30+,31-,32-,34-,35-,37+,38-,39-/m1/s1. The molecule has 0 unspecified atom stereocenters. The number of pyridine rings is 1. The summed E-state index contributed by atoms with van der Waals surface area (Å²) in [7, 11) is 3.73. The average Bonchev–Trinajstić information content (AvgIpc) is 3.14. The van der Waals surface area contributed by atoms with Crippen molar-refractivity contribution in [1.29, 1.82) is 0 Å². The summed E-state index contributed by atoms with van der Waals surface area (Å²) >= 11 is 0. The summed E-state index contributed by atoms with van der Waals surface area (Å²) in [5.41, 5.74) is -1.67. The SMILES string of the molecule is CC[C@H]1OC(=O)[C@H](C)C(=O)[C@H](C)[C@@H](O[C@@H]2O[C@H](C)C[C@H](N(C)C)[C@H]2O)[C@@]2(C)C[C@@H](C)C(=NC(C)=O)C[C@@H](OC/C(=N/OCc3cccnc3)CO2)[C@]1(C)O. The van der Waals surface area contributed by atoms with Gasteiger partial charge in [-0.3, -0.25) is 19.4 Å². The number of oxime groups is 1. The Hall–Kier alpha value is -3.18. The van der Waals surface area contributed by atoms with Crippen molar-refractivity contribution in [3.8, 4) is 0 Å². The van der Waals surface area contributed by atoms with E-state index in [-0.39, 0.29) is 51.2 Å². The van der Waals surface area contributed by atoms with E-state index in [1.54, 1.807) is 39.2 Å². The lowest BCUT2D eigenvalue weighted by Crippen LogP contribution is -2.59. The third-order valence-electron chi connectivity index (χ3n) is 10.9. The smallest absolute Gasteiger partial charge is 0.316 e. The molecule has 15 nitrogen and oxygen atoms in total. The second-order valence-electron chi connectivity index (χ2n) is 15.7. The number of aliphatic imine (C=N–C) groups is 1. The van der Waals surface area contributed by atoms with E-state index in [0.29, 0.717) is 17.8 Å². The monoisotopic (exact) mass is 760 g/mol. The van der Waals surface area contributed by atoms with E-state index in [4.69, 9.17) is 28.5 Å². The highest BCUT2D eigenvalue weighted by atomic mass is 16.7. The first-order chi connectivity index (χ1) is 25.4. The number of hydrogen-bond donors (Lipinski definition) is 2. The van der Waals surface area contributed by atoms with Gasteiger partial charge in [0.05, 0.1) is 37.1 Å². The van der Waals surface area contributed by atoms with E-state index in [1.807, 2.05) is 38.9 Å². The van der Waals surface area contributed by atoms with Crippen molar-refractivity contribution in [1.82, 2.24) is 9.88 Å². The highest BCUT2D eigenvalue weighted by Crippen LogP contribution is 2.39. The molecular formula is C39H60N4O11. The number of Topliss-reactive ketones (excluding diaryl/α,β-unsaturated/α-hetero) is 1. The number of amides is 1. The summed E-state index contributed by atoms with van der Waals surface area (Å²) in [6.45, 7) is 13.0. The lowest BCUT2D eigenvalue weighted by molar-refractivity contribution is -0.296. The minimum absolute atomic E-state index is 0.0102. The van der Waals surface area contributed by atoms with E-state index < -0.39 is 77.3 Å². The summed E-state index contributed by atoms with van der Waals surface area (Å²) in [4.78, 5) is 56.9. The van der Waals surface area contributed by atoms with Crippen LogP contribution in [0, 0.1) is 17.8 Å². The molecule has 15 heteroatoms. The van der Waals surface area contributed by atoms with Crippen LogP contribution in [-0.4, -0.2) is 131 Å². The quantitative estimate of drug-likeness (QED) is 0.235. The van der Waals surface area contributed by atoms with E-state index >= 15 is 0 Å². The van der Waals surface area contributed by atoms with Gasteiger partial charge < -0.3 is 43.6 Å². The second-order valence-corrected chi connectivity index (χ2v) is 15.7. The molecular weight excluding hydrogens is 700 g/mol. The number of rotatable bonds is 7. The number of cyclic esters (lactones) is 1. The van der Waals surface area contributed by atoms with Crippen LogP contribution < -0.4 is 0 Å². The van der Waals surface area contributed by atoms with Crippen LogP contribution in [0.3, 0.4) is 0 Å². The van der Waals surface area contributed by atoms with E-state index in [1.165, 1.54) is 20.8 Å². The van der Waals surface area contributed by atoms with Crippen LogP contribution in [0.2, 0.25) is 0 Å². The van der Waals surface area contributed by atoms with Gasteiger partial charge in [-0.2, -0.15) is 0 Å². The van der Waals surface area contributed by atoms with Gasteiger partial charge in [0.1, 0.15) is 36.0 Å². The van der Waals surface area contributed by atoms with E-state index in [2.05, 4.69) is 15.1 Å². The van der Waals surface area contributed by atoms with Crippen LogP contribution in [0.1, 0.15) is 86.6 Å². The molecule has 12 atom stereocenters. The van der Waals surface area contributed by atoms with Crippen molar-refractivity contribution in [2.45, 2.75) is 142 Å². The number of aliphatic hydroxyl groups is 2. The third-order valence-corrected chi connectivity index (χ3v) is 10.9. The largest absolute Gasteiger partial charge is 0.459 e. The number of ketones is 1. The minimum Gasteiger partial charge on any atom is -0.459 e. The highest BCUT2D eigenvalue weighted by molar-refractivity contribution is 6.00. The second kappa shape index (κ2) is 18.6. The Labute approximate surface area is 318 Å². The van der Waals surface area contributed by atoms with E-state index in [0.717, 1.165) is 5.56 Å². The zero-order chi connectivity index (χ0) is 40.0. The van der Waals surface area contributed by atoms with Gasteiger partial charge in [0.15, 0.2) is 12.1 Å². The zero-order valence-electron chi connectivity index (χ0n) is 33.4. The Morgan fingerprint density at radius 1 is 1.15 bits per heavy atom. The number of ether oxygens (including phenoxy) is 5. The van der Waals surface area contributed by atoms with Crippen LogP contribution in [0.15, 0.2) is 34.7 Å². The highest BCUT2D eigenvalue weighted by Gasteiger charge is 2.51. The molecule has 4 heterocycles. The molecule has 0 saturated carbocycles. The Bertz CT molecular complexity index is 1500. The summed E-state index contributed by atoms with van der Waals surface area (Å²) in [6, 6.07) is 3.32. The number of fused-ring (bicyclic) bond motifs is 5. The Morgan fingerprint density at radius 2 is 1.87 bits per heavy atom. The molecule has 3 aliphatic rings. The third kappa shape index (κ3) is 10.6. The first kappa shape index (κ1) is 43.5. The summed E-state index contributed by atoms with van der Waals surface area (Å²) in [5.74, 6) is -4.50. The van der Waals surface area contributed by atoms with Gasteiger partial charge in [-0.15, -0.1) is 0 Å². The van der Waals surface area contributed by atoms with Crippen LogP contribution in [0.5, 0.6) is 0 Å². The van der Waals surface area contributed by atoms with Gasteiger partial charge in [0, 0.05) is 49.0 Å². The first-order valence-corrected chi connectivity index (χ1v) is 18.9.